The van der Waals surface area contributed by atoms with E-state index in [-0.39, 0.29) is 36.4 Å². The van der Waals surface area contributed by atoms with E-state index in [4.69, 9.17) is 0 Å². The van der Waals surface area contributed by atoms with Crippen molar-refractivity contribution in [1.29, 1.82) is 0 Å². The van der Waals surface area contributed by atoms with Crippen LogP contribution < -0.4 is 0 Å². The maximum Gasteiger partial charge on any atom is 0.227 e. The first kappa shape index (κ1) is 17.1. The molecule has 2 saturated heterocycles. The molecule has 1 unspecified atom stereocenters. The zero-order valence-corrected chi connectivity index (χ0v) is 14.7. The number of ketones is 1. The molecule has 1 aromatic heterocycles. The number of thiophene rings is 1. The summed E-state index contributed by atoms with van der Waals surface area (Å²) < 4.78 is 0. The molecule has 0 saturated carbocycles. The third kappa shape index (κ3) is 4.04. The van der Waals surface area contributed by atoms with E-state index in [9.17, 15) is 14.4 Å². The van der Waals surface area contributed by atoms with Gasteiger partial charge in [0, 0.05) is 39.0 Å². The van der Waals surface area contributed by atoms with Gasteiger partial charge in [0.15, 0.2) is 5.78 Å². The molecule has 2 fully saturated rings. The minimum Gasteiger partial charge on any atom is -0.342 e. The van der Waals surface area contributed by atoms with E-state index in [1.165, 1.54) is 11.3 Å². The van der Waals surface area contributed by atoms with Crippen molar-refractivity contribution in [2.75, 3.05) is 26.2 Å². The number of rotatable bonds is 5. The summed E-state index contributed by atoms with van der Waals surface area (Å²) in [4.78, 5) is 41.4. The lowest BCUT2D eigenvalue weighted by molar-refractivity contribution is -0.140. The molecule has 130 valence electrons. The third-order valence-corrected chi connectivity index (χ3v) is 5.81. The molecule has 0 radical (unpaired) electrons. The Labute approximate surface area is 146 Å². The SMILES string of the molecule is O=C(CCC(=O)N1CCCC(C(=O)N2CCCC2)C1)c1cccs1. The Morgan fingerprint density at radius 1 is 1.04 bits per heavy atom. The molecule has 0 N–H and O–H groups in total. The third-order valence-electron chi connectivity index (χ3n) is 4.90. The van der Waals surface area contributed by atoms with E-state index in [0.717, 1.165) is 38.8 Å². The molecule has 0 bridgehead atoms. The second-order valence-corrected chi connectivity index (χ2v) is 7.56. The van der Waals surface area contributed by atoms with Gasteiger partial charge in [0.1, 0.15) is 0 Å². The number of amides is 2. The smallest absolute Gasteiger partial charge is 0.227 e. The standard InChI is InChI=1S/C18H24N2O3S/c21-15(16-6-4-12-24-16)7-8-17(22)20-11-3-5-14(13-20)18(23)19-9-1-2-10-19/h4,6,12,14H,1-3,5,7-11,13H2. The monoisotopic (exact) mass is 348 g/mol. The summed E-state index contributed by atoms with van der Waals surface area (Å²) in [6.07, 6.45) is 4.40. The Balaban J connectivity index is 1.49. The summed E-state index contributed by atoms with van der Waals surface area (Å²) in [6, 6.07) is 3.64. The molecular formula is C18H24N2O3S. The van der Waals surface area contributed by atoms with E-state index in [0.29, 0.717) is 18.0 Å². The van der Waals surface area contributed by atoms with Gasteiger partial charge < -0.3 is 9.80 Å². The summed E-state index contributed by atoms with van der Waals surface area (Å²) >= 11 is 1.41. The van der Waals surface area contributed by atoms with E-state index in [1.54, 1.807) is 11.0 Å². The maximum atomic E-state index is 12.5. The van der Waals surface area contributed by atoms with Crippen LogP contribution in [0.3, 0.4) is 0 Å². The highest BCUT2D eigenvalue weighted by atomic mass is 32.1. The number of carbonyl (C=O) groups is 3. The molecule has 2 amide bonds. The second-order valence-electron chi connectivity index (χ2n) is 6.61. The number of piperidine rings is 1. The Hall–Kier alpha value is -1.69. The van der Waals surface area contributed by atoms with Crippen molar-refractivity contribution in [3.8, 4) is 0 Å². The van der Waals surface area contributed by atoms with Crippen LogP contribution in [0.25, 0.3) is 0 Å². The van der Waals surface area contributed by atoms with Crippen molar-refractivity contribution >= 4 is 28.9 Å². The second kappa shape index (κ2) is 7.92. The Kier molecular flexibility index (Phi) is 5.66. The number of carbonyl (C=O) groups excluding carboxylic acids is 3. The van der Waals surface area contributed by atoms with Gasteiger partial charge in [-0.05, 0) is 37.1 Å². The van der Waals surface area contributed by atoms with Crippen LogP contribution in [0.15, 0.2) is 17.5 Å². The number of likely N-dealkylation sites (tertiary alicyclic amines) is 2. The lowest BCUT2D eigenvalue weighted by Gasteiger charge is -2.34. The van der Waals surface area contributed by atoms with Crippen LogP contribution in [0, 0.1) is 5.92 Å². The molecule has 24 heavy (non-hydrogen) atoms. The highest BCUT2D eigenvalue weighted by Crippen LogP contribution is 2.22. The summed E-state index contributed by atoms with van der Waals surface area (Å²) in [6.45, 7) is 2.94. The normalized spacial score (nSPS) is 21.1. The molecule has 2 aliphatic heterocycles. The van der Waals surface area contributed by atoms with E-state index >= 15 is 0 Å². The Morgan fingerprint density at radius 3 is 2.50 bits per heavy atom. The topological polar surface area (TPSA) is 57.7 Å². The summed E-state index contributed by atoms with van der Waals surface area (Å²) in [5, 5.41) is 1.87. The fourth-order valence-electron chi connectivity index (χ4n) is 3.54. The summed E-state index contributed by atoms with van der Waals surface area (Å²) in [5.74, 6) is 0.173. The number of Topliss-reactive ketones (excluding diaryl/α,β-unsaturated/α-hetero) is 1. The van der Waals surface area contributed by atoms with Crippen molar-refractivity contribution in [1.82, 2.24) is 9.80 Å². The van der Waals surface area contributed by atoms with Crippen LogP contribution in [0.1, 0.15) is 48.2 Å². The van der Waals surface area contributed by atoms with Crippen LogP contribution in [-0.4, -0.2) is 53.6 Å². The molecule has 3 heterocycles. The fraction of sp³-hybridized carbons (Fsp3) is 0.611. The summed E-state index contributed by atoms with van der Waals surface area (Å²) in [5.41, 5.74) is 0. The zero-order valence-electron chi connectivity index (χ0n) is 13.9. The first-order chi connectivity index (χ1) is 11.6. The first-order valence-corrected chi connectivity index (χ1v) is 9.66. The molecule has 3 rings (SSSR count). The van der Waals surface area contributed by atoms with Gasteiger partial charge in [0.25, 0.3) is 0 Å². The van der Waals surface area contributed by atoms with E-state index in [1.807, 2.05) is 16.3 Å². The van der Waals surface area contributed by atoms with Gasteiger partial charge in [-0.1, -0.05) is 6.07 Å². The number of hydrogen-bond donors (Lipinski definition) is 0. The summed E-state index contributed by atoms with van der Waals surface area (Å²) in [7, 11) is 0. The first-order valence-electron chi connectivity index (χ1n) is 8.78. The fourth-order valence-corrected chi connectivity index (χ4v) is 4.23. The van der Waals surface area contributed by atoms with E-state index < -0.39 is 0 Å². The van der Waals surface area contributed by atoms with Crippen LogP contribution in [0.5, 0.6) is 0 Å². The molecule has 2 aliphatic rings. The maximum absolute atomic E-state index is 12.5. The molecule has 0 aromatic carbocycles. The average molecular weight is 348 g/mol. The van der Waals surface area contributed by atoms with Crippen LogP contribution in [0.4, 0.5) is 0 Å². The Bertz CT molecular complexity index is 593. The van der Waals surface area contributed by atoms with Crippen molar-refractivity contribution in [3.63, 3.8) is 0 Å². The van der Waals surface area contributed by atoms with Crippen LogP contribution in [0.2, 0.25) is 0 Å². The molecule has 1 atom stereocenters. The van der Waals surface area contributed by atoms with Crippen molar-refractivity contribution < 1.29 is 14.4 Å². The molecule has 5 nitrogen and oxygen atoms in total. The predicted molar refractivity (Wildman–Crippen MR) is 93.0 cm³/mol. The Morgan fingerprint density at radius 2 is 1.79 bits per heavy atom. The molecule has 1 aromatic rings. The van der Waals surface area contributed by atoms with Gasteiger partial charge in [-0.25, -0.2) is 0 Å². The van der Waals surface area contributed by atoms with Crippen LogP contribution in [-0.2, 0) is 9.59 Å². The van der Waals surface area contributed by atoms with Gasteiger partial charge in [0.2, 0.25) is 11.8 Å². The minimum atomic E-state index is -0.0613. The van der Waals surface area contributed by atoms with Crippen molar-refractivity contribution in [3.05, 3.63) is 22.4 Å². The van der Waals surface area contributed by atoms with Gasteiger partial charge in [-0.15, -0.1) is 11.3 Å². The molecular weight excluding hydrogens is 324 g/mol. The average Bonchev–Trinajstić information content (AvgIpc) is 3.32. The molecule has 0 spiro atoms. The van der Waals surface area contributed by atoms with Gasteiger partial charge in [0.05, 0.1) is 10.8 Å². The number of hydrogen-bond acceptors (Lipinski definition) is 4. The minimum absolute atomic E-state index is 0.00109. The predicted octanol–water partition coefficient (Wildman–Crippen LogP) is 2.57. The molecule has 6 heteroatoms. The highest BCUT2D eigenvalue weighted by molar-refractivity contribution is 7.12. The number of nitrogens with zero attached hydrogens (tertiary/aromatic N) is 2. The van der Waals surface area contributed by atoms with Gasteiger partial charge >= 0.3 is 0 Å². The largest absolute Gasteiger partial charge is 0.342 e. The lowest BCUT2D eigenvalue weighted by Crippen LogP contribution is -2.46. The van der Waals surface area contributed by atoms with Crippen molar-refractivity contribution in [2.24, 2.45) is 5.92 Å². The van der Waals surface area contributed by atoms with Gasteiger partial charge in [-0.2, -0.15) is 0 Å². The lowest BCUT2D eigenvalue weighted by atomic mass is 9.96. The quantitative estimate of drug-likeness (QED) is 0.769. The van der Waals surface area contributed by atoms with Crippen LogP contribution >= 0.6 is 11.3 Å². The molecule has 0 aliphatic carbocycles. The van der Waals surface area contributed by atoms with Gasteiger partial charge in [-0.3, -0.25) is 14.4 Å². The van der Waals surface area contributed by atoms with E-state index in [2.05, 4.69) is 0 Å². The van der Waals surface area contributed by atoms with Crippen molar-refractivity contribution in [2.45, 2.75) is 38.5 Å². The zero-order chi connectivity index (χ0) is 16.9. The highest BCUT2D eigenvalue weighted by Gasteiger charge is 2.32.